The monoisotopic (exact) mass is 376 g/mol. The molecule has 136 valence electrons. The van der Waals surface area contributed by atoms with Crippen molar-refractivity contribution >= 4 is 29.3 Å². The van der Waals surface area contributed by atoms with Crippen molar-refractivity contribution in [3.05, 3.63) is 50.5 Å². The third kappa shape index (κ3) is 2.96. The Morgan fingerprint density at radius 2 is 1.92 bits per heavy atom. The first kappa shape index (κ1) is 17.0. The van der Waals surface area contributed by atoms with Gasteiger partial charge in [-0.1, -0.05) is 17.7 Å². The van der Waals surface area contributed by atoms with Gasteiger partial charge in [-0.25, -0.2) is 4.39 Å². The molecule has 6 nitrogen and oxygen atoms in total. The molecule has 1 atom stereocenters. The van der Waals surface area contributed by atoms with Crippen molar-refractivity contribution in [2.24, 2.45) is 0 Å². The van der Waals surface area contributed by atoms with Crippen molar-refractivity contribution in [1.29, 1.82) is 0 Å². The summed E-state index contributed by atoms with van der Waals surface area (Å²) in [6, 6.07) is 4.32. The average molecular weight is 377 g/mol. The molecule has 3 heterocycles. The average Bonchev–Trinajstić information content (AvgIpc) is 2.61. The number of piperidine rings is 1. The number of rotatable bonds is 2. The van der Waals surface area contributed by atoms with E-state index in [2.05, 4.69) is 15.3 Å². The Morgan fingerprint density at radius 1 is 1.15 bits per heavy atom. The Morgan fingerprint density at radius 3 is 2.65 bits per heavy atom. The third-order valence-corrected chi connectivity index (χ3v) is 5.27. The van der Waals surface area contributed by atoms with E-state index in [1.54, 1.807) is 6.07 Å². The smallest absolute Gasteiger partial charge is 0.258 e. The fourth-order valence-corrected chi connectivity index (χ4v) is 4.00. The zero-order valence-electron chi connectivity index (χ0n) is 14.0. The molecule has 1 unspecified atom stereocenters. The quantitative estimate of drug-likeness (QED) is 0.844. The summed E-state index contributed by atoms with van der Waals surface area (Å²) in [5, 5.41) is 2.85. The van der Waals surface area contributed by atoms with Crippen molar-refractivity contribution in [1.82, 2.24) is 9.97 Å². The van der Waals surface area contributed by atoms with Gasteiger partial charge in [0, 0.05) is 36.0 Å². The molecule has 2 aromatic rings. The summed E-state index contributed by atoms with van der Waals surface area (Å²) in [7, 11) is 0. The lowest BCUT2D eigenvalue weighted by atomic mass is 9.86. The highest BCUT2D eigenvalue weighted by atomic mass is 35.5. The zero-order chi connectivity index (χ0) is 18.3. The van der Waals surface area contributed by atoms with E-state index < -0.39 is 11.7 Å². The van der Waals surface area contributed by atoms with Crippen LogP contribution in [0.1, 0.15) is 42.7 Å². The molecule has 26 heavy (non-hydrogen) atoms. The van der Waals surface area contributed by atoms with E-state index in [4.69, 9.17) is 11.6 Å². The van der Waals surface area contributed by atoms with Crippen LogP contribution in [0.25, 0.3) is 0 Å². The highest BCUT2D eigenvalue weighted by Gasteiger charge is 2.34. The second-order valence-electron chi connectivity index (χ2n) is 6.64. The molecule has 2 N–H and O–H groups in total. The number of H-pyrrole nitrogens is 1. The topological polar surface area (TPSA) is 78.1 Å². The van der Waals surface area contributed by atoms with E-state index in [1.165, 1.54) is 12.1 Å². The molecule has 0 radical (unpaired) electrons. The minimum absolute atomic E-state index is 0.0541. The van der Waals surface area contributed by atoms with Crippen molar-refractivity contribution in [3.63, 3.8) is 0 Å². The maximum absolute atomic E-state index is 14.4. The second kappa shape index (κ2) is 6.72. The number of hydrogen-bond acceptors (Lipinski definition) is 4. The number of amides is 1. The number of carbonyl (C=O) groups excluding carboxylic acids is 1. The number of carbonyl (C=O) groups is 1. The Balaban J connectivity index is 1.83. The second-order valence-corrected chi connectivity index (χ2v) is 7.05. The molecular formula is C18H18ClFN4O2. The van der Waals surface area contributed by atoms with Crippen molar-refractivity contribution in [2.45, 2.75) is 31.6 Å². The van der Waals surface area contributed by atoms with Crippen molar-refractivity contribution in [3.8, 4) is 0 Å². The van der Waals surface area contributed by atoms with Gasteiger partial charge in [-0.2, -0.15) is 4.98 Å². The number of halogens is 2. The van der Waals surface area contributed by atoms with Gasteiger partial charge in [0.1, 0.15) is 11.6 Å². The molecule has 8 heteroatoms. The minimum Gasteiger partial charge on any atom is -0.342 e. The minimum atomic E-state index is -0.765. The highest BCUT2D eigenvalue weighted by Crippen LogP contribution is 2.38. The van der Waals surface area contributed by atoms with Gasteiger partial charge < -0.3 is 10.2 Å². The fraction of sp³-hybridized carbons (Fsp3) is 0.389. The largest absolute Gasteiger partial charge is 0.342 e. The van der Waals surface area contributed by atoms with Gasteiger partial charge in [0.2, 0.25) is 11.9 Å². The van der Waals surface area contributed by atoms with E-state index in [0.29, 0.717) is 5.95 Å². The third-order valence-electron chi connectivity index (χ3n) is 4.94. The summed E-state index contributed by atoms with van der Waals surface area (Å²) >= 11 is 6.17. The summed E-state index contributed by atoms with van der Waals surface area (Å²) < 4.78 is 14.4. The van der Waals surface area contributed by atoms with Gasteiger partial charge in [-0.15, -0.1) is 0 Å². The van der Waals surface area contributed by atoms with E-state index >= 15 is 0 Å². The number of nitrogens with one attached hydrogen (secondary N) is 2. The van der Waals surface area contributed by atoms with Crippen LogP contribution < -0.4 is 15.8 Å². The number of aromatic nitrogens is 2. The Labute approximate surface area is 154 Å². The molecular weight excluding hydrogens is 359 g/mol. The lowest BCUT2D eigenvalue weighted by Gasteiger charge is -2.30. The van der Waals surface area contributed by atoms with Crippen LogP contribution in [0.5, 0.6) is 0 Å². The maximum atomic E-state index is 14.4. The van der Waals surface area contributed by atoms with Crippen LogP contribution in [-0.4, -0.2) is 29.0 Å². The first-order valence-corrected chi connectivity index (χ1v) is 9.05. The molecule has 0 saturated carbocycles. The van der Waals surface area contributed by atoms with E-state index in [0.717, 1.165) is 32.4 Å². The Hall–Kier alpha value is -2.41. The number of nitrogens with zero attached hydrogens (tertiary/aromatic N) is 2. The van der Waals surface area contributed by atoms with Crippen LogP contribution in [-0.2, 0) is 4.79 Å². The van der Waals surface area contributed by atoms with Crippen molar-refractivity contribution < 1.29 is 9.18 Å². The van der Waals surface area contributed by atoms with Crippen molar-refractivity contribution in [2.75, 3.05) is 23.3 Å². The standard InChI is InChI=1S/C18H18ClFN4O2/c19-11-5-4-6-12(20)14(11)10-9-13(25)21-16-15(10)17(26)23-18(22-16)24-7-2-1-3-8-24/h4-6,10H,1-3,7-9H2,(H2,21,22,23,25,26). The lowest BCUT2D eigenvalue weighted by Crippen LogP contribution is -2.36. The predicted molar refractivity (Wildman–Crippen MR) is 97.4 cm³/mol. The number of anilines is 2. The molecule has 4 rings (SSSR count). The molecule has 1 aromatic carbocycles. The zero-order valence-corrected chi connectivity index (χ0v) is 14.8. The Bertz CT molecular complexity index is 904. The Kier molecular flexibility index (Phi) is 4.40. The summed E-state index contributed by atoms with van der Waals surface area (Å²) in [4.78, 5) is 34.2. The van der Waals surface area contributed by atoms with Crippen LogP contribution in [0.2, 0.25) is 5.02 Å². The molecule has 0 spiro atoms. The highest BCUT2D eigenvalue weighted by molar-refractivity contribution is 6.31. The first-order valence-electron chi connectivity index (χ1n) is 8.67. The lowest BCUT2D eigenvalue weighted by molar-refractivity contribution is -0.116. The van der Waals surface area contributed by atoms with E-state index in [-0.39, 0.29) is 39.9 Å². The van der Waals surface area contributed by atoms with Crippen LogP contribution in [0.3, 0.4) is 0 Å². The molecule has 1 amide bonds. The number of aromatic amines is 1. The van der Waals surface area contributed by atoms with Gasteiger partial charge in [0.15, 0.2) is 0 Å². The van der Waals surface area contributed by atoms with E-state index in [9.17, 15) is 14.0 Å². The van der Waals surface area contributed by atoms with Gasteiger partial charge in [0.25, 0.3) is 5.56 Å². The molecule has 0 bridgehead atoms. The van der Waals surface area contributed by atoms with Gasteiger partial charge in [0.05, 0.1) is 5.56 Å². The fourth-order valence-electron chi connectivity index (χ4n) is 3.71. The number of benzene rings is 1. The first-order chi connectivity index (χ1) is 12.5. The molecule has 0 aliphatic carbocycles. The van der Waals surface area contributed by atoms with Gasteiger partial charge in [-0.3, -0.25) is 14.6 Å². The summed E-state index contributed by atoms with van der Waals surface area (Å²) in [5.74, 6) is -0.991. The van der Waals surface area contributed by atoms with Crippen LogP contribution in [0, 0.1) is 5.82 Å². The molecule has 1 aromatic heterocycles. The van der Waals surface area contributed by atoms with Crippen LogP contribution >= 0.6 is 11.6 Å². The van der Waals surface area contributed by atoms with Gasteiger partial charge in [-0.05, 0) is 31.4 Å². The summed E-state index contributed by atoms with van der Waals surface area (Å²) in [5.41, 5.74) is 0.0283. The molecule has 1 fully saturated rings. The molecule has 2 aliphatic rings. The maximum Gasteiger partial charge on any atom is 0.258 e. The predicted octanol–water partition coefficient (Wildman–Crippen LogP) is 3.03. The summed E-state index contributed by atoms with van der Waals surface area (Å²) in [6.07, 6.45) is 3.15. The molecule has 1 saturated heterocycles. The van der Waals surface area contributed by atoms with Crippen LogP contribution in [0.4, 0.5) is 16.2 Å². The SMILES string of the molecule is O=C1CC(c2c(F)cccc2Cl)c2c(nc(N3CCCCC3)[nH]c2=O)N1. The summed E-state index contributed by atoms with van der Waals surface area (Å²) in [6.45, 7) is 1.61. The number of hydrogen-bond donors (Lipinski definition) is 2. The van der Waals surface area contributed by atoms with Crippen LogP contribution in [0.15, 0.2) is 23.0 Å². The normalized spacial score (nSPS) is 19.8. The van der Waals surface area contributed by atoms with E-state index in [1.807, 2.05) is 4.90 Å². The number of fused-ring (bicyclic) bond motifs is 1. The molecule has 2 aliphatic heterocycles. The van der Waals surface area contributed by atoms with Gasteiger partial charge >= 0.3 is 0 Å².